The zero-order chi connectivity index (χ0) is 11.0. The summed E-state index contributed by atoms with van der Waals surface area (Å²) in [6.45, 7) is 3.36. The number of rotatable bonds is 7. The molecule has 0 saturated carbocycles. The number of hydrogen-bond donors (Lipinski definition) is 2. The summed E-state index contributed by atoms with van der Waals surface area (Å²) in [4.78, 5) is 11.1. The zero-order valence-corrected chi connectivity index (χ0v) is 8.95. The largest absolute Gasteiger partial charge is 0.465 e. The first-order valence-electron chi connectivity index (χ1n) is 4.95. The summed E-state index contributed by atoms with van der Waals surface area (Å²) in [7, 11) is 0. The summed E-state index contributed by atoms with van der Waals surface area (Å²) in [6.07, 6.45) is 2.17. The van der Waals surface area contributed by atoms with E-state index in [-0.39, 0.29) is 25.8 Å². The van der Waals surface area contributed by atoms with Gasteiger partial charge in [-0.2, -0.15) is 0 Å². The van der Waals surface area contributed by atoms with Crippen molar-refractivity contribution in [1.82, 2.24) is 0 Å². The van der Waals surface area contributed by atoms with Gasteiger partial charge in [0.1, 0.15) is 6.61 Å². The molecule has 0 aromatic heterocycles. The fourth-order valence-corrected chi connectivity index (χ4v) is 0.789. The van der Waals surface area contributed by atoms with Gasteiger partial charge in [0.2, 0.25) is 0 Å². The Bertz CT molecular complexity index is 164. The molecule has 0 aromatic carbocycles. The van der Waals surface area contributed by atoms with Gasteiger partial charge in [-0.15, -0.1) is 0 Å². The maximum absolute atomic E-state index is 11.1. The van der Waals surface area contributed by atoms with Crippen LogP contribution in [0.25, 0.3) is 0 Å². The van der Waals surface area contributed by atoms with Crippen LogP contribution in [0.1, 0.15) is 33.1 Å². The molecule has 0 aromatic rings. The van der Waals surface area contributed by atoms with Gasteiger partial charge in [-0.1, -0.05) is 20.3 Å². The smallest absolute Gasteiger partial charge is 0.305 e. The van der Waals surface area contributed by atoms with Gasteiger partial charge in [0.15, 0.2) is 0 Å². The van der Waals surface area contributed by atoms with Crippen molar-refractivity contribution >= 4 is 5.97 Å². The number of hydrogen-bond acceptors (Lipinski definition) is 4. The highest BCUT2D eigenvalue weighted by atomic mass is 16.5. The molecule has 14 heavy (non-hydrogen) atoms. The lowest BCUT2D eigenvalue weighted by molar-refractivity contribution is -0.149. The van der Waals surface area contributed by atoms with Crippen LogP contribution in [0.5, 0.6) is 0 Å². The third-order valence-corrected chi connectivity index (χ3v) is 2.08. The van der Waals surface area contributed by atoms with Crippen molar-refractivity contribution in [3.8, 4) is 0 Å². The van der Waals surface area contributed by atoms with Gasteiger partial charge < -0.3 is 14.9 Å². The summed E-state index contributed by atoms with van der Waals surface area (Å²) >= 11 is 0. The normalized spacial score (nSPS) is 11.4. The van der Waals surface area contributed by atoms with Crippen molar-refractivity contribution in [1.29, 1.82) is 0 Å². The molecule has 4 heteroatoms. The molecule has 0 aliphatic rings. The van der Waals surface area contributed by atoms with E-state index in [0.717, 1.165) is 12.8 Å². The van der Waals surface area contributed by atoms with Crippen LogP contribution in [-0.4, -0.2) is 36.0 Å². The average Bonchev–Trinajstić information content (AvgIpc) is 2.23. The summed E-state index contributed by atoms with van der Waals surface area (Å²) in [5, 5.41) is 17.8. The standard InChI is InChI=1S/C10H20O4/c1-3-4-5-9(13)14-8-10(2,6-11)7-12/h11-12H,3-8H2,1-2H3. The van der Waals surface area contributed by atoms with Gasteiger partial charge in [-0.3, -0.25) is 4.79 Å². The van der Waals surface area contributed by atoms with Gasteiger partial charge in [0.25, 0.3) is 0 Å². The molecule has 0 rings (SSSR count). The second kappa shape index (κ2) is 6.79. The molecule has 0 radical (unpaired) electrons. The lowest BCUT2D eigenvalue weighted by Crippen LogP contribution is -2.32. The number of unbranched alkanes of at least 4 members (excludes halogenated alkanes) is 1. The molecule has 0 heterocycles. The maximum Gasteiger partial charge on any atom is 0.305 e. The van der Waals surface area contributed by atoms with E-state index in [2.05, 4.69) is 0 Å². The van der Waals surface area contributed by atoms with Crippen molar-refractivity contribution in [2.24, 2.45) is 5.41 Å². The molecule has 0 saturated heterocycles. The van der Waals surface area contributed by atoms with Crippen molar-refractivity contribution in [2.75, 3.05) is 19.8 Å². The van der Waals surface area contributed by atoms with E-state index in [4.69, 9.17) is 14.9 Å². The van der Waals surface area contributed by atoms with E-state index >= 15 is 0 Å². The highest BCUT2D eigenvalue weighted by Crippen LogP contribution is 2.14. The Morgan fingerprint density at radius 2 is 1.93 bits per heavy atom. The van der Waals surface area contributed by atoms with E-state index in [1.54, 1.807) is 6.92 Å². The van der Waals surface area contributed by atoms with Gasteiger partial charge in [-0.25, -0.2) is 0 Å². The summed E-state index contributed by atoms with van der Waals surface area (Å²) in [5.41, 5.74) is -0.720. The van der Waals surface area contributed by atoms with Crippen LogP contribution < -0.4 is 0 Å². The first-order chi connectivity index (χ1) is 6.58. The highest BCUT2D eigenvalue weighted by molar-refractivity contribution is 5.69. The third kappa shape index (κ3) is 5.19. The van der Waals surface area contributed by atoms with Crippen LogP contribution in [-0.2, 0) is 9.53 Å². The van der Waals surface area contributed by atoms with Crippen molar-refractivity contribution in [2.45, 2.75) is 33.1 Å². The molecule has 0 bridgehead atoms. The monoisotopic (exact) mass is 204 g/mol. The Kier molecular flexibility index (Phi) is 6.49. The number of aliphatic hydroxyl groups excluding tert-OH is 2. The second-order valence-electron chi connectivity index (χ2n) is 3.89. The molecular formula is C10H20O4. The fraction of sp³-hybridized carbons (Fsp3) is 0.900. The molecule has 0 aliphatic carbocycles. The van der Waals surface area contributed by atoms with Crippen LogP contribution in [0.2, 0.25) is 0 Å². The predicted molar refractivity (Wildman–Crippen MR) is 52.8 cm³/mol. The molecule has 2 N–H and O–H groups in total. The summed E-state index contributed by atoms with van der Waals surface area (Å²) < 4.78 is 4.93. The van der Waals surface area contributed by atoms with Crippen molar-refractivity contribution in [3.63, 3.8) is 0 Å². The molecule has 0 atom stereocenters. The minimum atomic E-state index is -0.720. The lowest BCUT2D eigenvalue weighted by Gasteiger charge is -2.23. The van der Waals surface area contributed by atoms with Crippen LogP contribution in [0.3, 0.4) is 0 Å². The summed E-state index contributed by atoms with van der Waals surface area (Å²) in [6, 6.07) is 0. The Morgan fingerprint density at radius 3 is 2.36 bits per heavy atom. The molecule has 4 nitrogen and oxygen atoms in total. The van der Waals surface area contributed by atoms with Gasteiger partial charge in [0.05, 0.1) is 13.2 Å². The first-order valence-corrected chi connectivity index (χ1v) is 4.95. The fourth-order valence-electron chi connectivity index (χ4n) is 0.789. The molecule has 0 aliphatic heterocycles. The number of carbonyl (C=O) groups is 1. The Hall–Kier alpha value is -0.610. The Balaban J connectivity index is 3.74. The lowest BCUT2D eigenvalue weighted by atomic mass is 9.94. The van der Waals surface area contributed by atoms with E-state index < -0.39 is 5.41 Å². The maximum atomic E-state index is 11.1. The number of aliphatic hydroxyl groups is 2. The summed E-state index contributed by atoms with van der Waals surface area (Å²) in [5.74, 6) is -0.264. The van der Waals surface area contributed by atoms with Crippen LogP contribution in [0.15, 0.2) is 0 Å². The highest BCUT2D eigenvalue weighted by Gasteiger charge is 2.24. The topological polar surface area (TPSA) is 66.8 Å². The van der Waals surface area contributed by atoms with E-state index in [1.807, 2.05) is 6.92 Å². The van der Waals surface area contributed by atoms with Crippen LogP contribution in [0.4, 0.5) is 0 Å². The molecular weight excluding hydrogens is 184 g/mol. The number of esters is 1. The SMILES string of the molecule is CCCCC(=O)OCC(C)(CO)CO. The molecule has 0 fully saturated rings. The van der Waals surface area contributed by atoms with Crippen LogP contribution >= 0.6 is 0 Å². The third-order valence-electron chi connectivity index (χ3n) is 2.08. The second-order valence-corrected chi connectivity index (χ2v) is 3.89. The molecule has 0 unspecified atom stereocenters. The minimum Gasteiger partial charge on any atom is -0.465 e. The van der Waals surface area contributed by atoms with Crippen molar-refractivity contribution < 1.29 is 19.7 Å². The molecule has 0 amide bonds. The van der Waals surface area contributed by atoms with Gasteiger partial charge in [0, 0.05) is 11.8 Å². The van der Waals surface area contributed by atoms with Crippen molar-refractivity contribution in [3.05, 3.63) is 0 Å². The molecule has 84 valence electrons. The quantitative estimate of drug-likeness (QED) is 0.599. The van der Waals surface area contributed by atoms with E-state index in [9.17, 15) is 4.79 Å². The Morgan fingerprint density at radius 1 is 1.36 bits per heavy atom. The zero-order valence-electron chi connectivity index (χ0n) is 8.95. The van der Waals surface area contributed by atoms with Gasteiger partial charge in [-0.05, 0) is 6.42 Å². The predicted octanol–water partition coefficient (Wildman–Crippen LogP) is 0.711. The van der Waals surface area contributed by atoms with Gasteiger partial charge >= 0.3 is 5.97 Å². The van der Waals surface area contributed by atoms with E-state index in [1.165, 1.54) is 0 Å². The molecule has 0 spiro atoms. The Labute approximate surface area is 84.9 Å². The number of carbonyl (C=O) groups excluding carboxylic acids is 1. The van der Waals surface area contributed by atoms with Crippen LogP contribution in [0, 0.1) is 5.41 Å². The average molecular weight is 204 g/mol. The van der Waals surface area contributed by atoms with E-state index in [0.29, 0.717) is 6.42 Å². The number of ether oxygens (including phenoxy) is 1. The minimum absolute atomic E-state index is 0.0720. The first kappa shape index (κ1) is 13.4.